The Bertz CT molecular complexity index is 706. The lowest BCUT2D eigenvalue weighted by Crippen LogP contribution is -2.47. The van der Waals surface area contributed by atoms with Crippen LogP contribution in [0.4, 0.5) is 15.0 Å². The molecule has 0 aromatic carbocycles. The Labute approximate surface area is 158 Å². The van der Waals surface area contributed by atoms with E-state index in [9.17, 15) is 14.0 Å². The Hall–Kier alpha value is -2.29. The van der Waals surface area contributed by atoms with Gasteiger partial charge in [-0.2, -0.15) is 0 Å². The van der Waals surface area contributed by atoms with Crippen LogP contribution in [0.5, 0.6) is 0 Å². The summed E-state index contributed by atoms with van der Waals surface area (Å²) in [6, 6.07) is -0.287. The fourth-order valence-corrected chi connectivity index (χ4v) is 3.63. The molecule has 0 aliphatic carbocycles. The number of ether oxygens (including phenoxy) is 1. The molecule has 0 spiro atoms. The molecule has 148 valence electrons. The van der Waals surface area contributed by atoms with Crippen LogP contribution in [-0.4, -0.2) is 77.6 Å². The summed E-state index contributed by atoms with van der Waals surface area (Å²) < 4.78 is 19.7. The second-order valence-corrected chi connectivity index (χ2v) is 7.22. The van der Waals surface area contributed by atoms with Crippen LogP contribution < -0.4 is 4.90 Å². The van der Waals surface area contributed by atoms with Crippen LogP contribution >= 0.6 is 0 Å². The van der Waals surface area contributed by atoms with Crippen molar-refractivity contribution in [3.8, 4) is 0 Å². The fourth-order valence-electron chi connectivity index (χ4n) is 3.63. The fraction of sp³-hybridized carbons (Fsp3) is 0.667. The molecule has 2 fully saturated rings. The summed E-state index contributed by atoms with van der Waals surface area (Å²) in [6.45, 7) is 5.65. The quantitative estimate of drug-likeness (QED) is 0.699. The van der Waals surface area contributed by atoms with Crippen molar-refractivity contribution in [1.29, 1.82) is 0 Å². The molecule has 8 nitrogen and oxygen atoms in total. The average Bonchev–Trinajstić information content (AvgIpc) is 2.94. The van der Waals surface area contributed by atoms with Gasteiger partial charge in [0.1, 0.15) is 12.9 Å². The number of imide groups is 1. The zero-order chi connectivity index (χ0) is 19.6. The van der Waals surface area contributed by atoms with E-state index in [1.165, 1.54) is 18.3 Å². The standard InChI is InChI=1S/C18H26FN5O3/c1-12(2)16-15(19)17(21-11-20-16)22-6-4-13(5-7-22)24-10-14(25)23(18(24)26)8-9-27-3/h11-13H,4-10H2,1-3H3. The number of amides is 3. The topological polar surface area (TPSA) is 78.9 Å². The highest BCUT2D eigenvalue weighted by atomic mass is 19.1. The number of nitrogens with zero attached hydrogens (tertiary/aromatic N) is 5. The lowest BCUT2D eigenvalue weighted by molar-refractivity contribution is -0.125. The number of urea groups is 1. The molecular weight excluding hydrogens is 353 g/mol. The minimum absolute atomic E-state index is 0.0180. The summed E-state index contributed by atoms with van der Waals surface area (Å²) in [6.07, 6.45) is 2.73. The third kappa shape index (κ3) is 3.87. The zero-order valence-electron chi connectivity index (χ0n) is 16.0. The van der Waals surface area contributed by atoms with Crippen LogP contribution in [0, 0.1) is 5.82 Å². The van der Waals surface area contributed by atoms with Crippen LogP contribution in [0.2, 0.25) is 0 Å². The van der Waals surface area contributed by atoms with Gasteiger partial charge in [-0.1, -0.05) is 13.8 Å². The van der Waals surface area contributed by atoms with Crippen LogP contribution in [0.3, 0.4) is 0 Å². The average molecular weight is 379 g/mol. The first-order chi connectivity index (χ1) is 12.9. The van der Waals surface area contributed by atoms with E-state index in [0.717, 1.165) is 0 Å². The molecule has 3 heterocycles. The van der Waals surface area contributed by atoms with Crippen molar-refractivity contribution in [3.05, 3.63) is 17.8 Å². The zero-order valence-corrected chi connectivity index (χ0v) is 16.0. The number of halogens is 1. The number of hydrogen-bond acceptors (Lipinski definition) is 6. The molecular formula is C18H26FN5O3. The van der Waals surface area contributed by atoms with Gasteiger partial charge < -0.3 is 14.5 Å². The highest BCUT2D eigenvalue weighted by Crippen LogP contribution is 2.28. The third-order valence-corrected chi connectivity index (χ3v) is 5.15. The molecule has 27 heavy (non-hydrogen) atoms. The third-order valence-electron chi connectivity index (χ3n) is 5.15. The van der Waals surface area contributed by atoms with E-state index in [4.69, 9.17) is 4.74 Å². The van der Waals surface area contributed by atoms with Gasteiger partial charge in [-0.05, 0) is 18.8 Å². The lowest BCUT2D eigenvalue weighted by atomic mass is 10.0. The van der Waals surface area contributed by atoms with Crippen molar-refractivity contribution in [2.45, 2.75) is 38.6 Å². The number of carbonyl (C=O) groups is 2. The first kappa shape index (κ1) is 19.5. The predicted octanol–water partition coefficient (Wildman–Crippen LogP) is 1.62. The number of carbonyl (C=O) groups excluding carboxylic acids is 2. The summed E-state index contributed by atoms with van der Waals surface area (Å²) in [5, 5.41) is 0. The Kier molecular flexibility index (Phi) is 5.88. The van der Waals surface area contributed by atoms with Crippen LogP contribution in [0.25, 0.3) is 0 Å². The van der Waals surface area contributed by atoms with Gasteiger partial charge in [0.05, 0.1) is 18.8 Å². The second kappa shape index (κ2) is 8.16. The van der Waals surface area contributed by atoms with Crippen molar-refractivity contribution in [2.75, 3.05) is 44.8 Å². The van der Waals surface area contributed by atoms with Gasteiger partial charge in [0.25, 0.3) is 0 Å². The Morgan fingerprint density at radius 2 is 1.96 bits per heavy atom. The summed E-state index contributed by atoms with van der Waals surface area (Å²) >= 11 is 0. The first-order valence-corrected chi connectivity index (χ1v) is 9.29. The smallest absolute Gasteiger partial charge is 0.327 e. The van der Waals surface area contributed by atoms with Crippen LogP contribution in [0.1, 0.15) is 38.3 Å². The SMILES string of the molecule is COCCN1C(=O)CN(C2CCN(c3ncnc(C(C)C)c3F)CC2)C1=O. The van der Waals surface area contributed by atoms with Crippen LogP contribution in [-0.2, 0) is 9.53 Å². The largest absolute Gasteiger partial charge is 0.383 e. The normalized spacial score (nSPS) is 18.9. The molecule has 2 aliphatic heterocycles. The van der Waals surface area contributed by atoms with E-state index in [-0.39, 0.29) is 42.8 Å². The molecule has 9 heteroatoms. The molecule has 0 atom stereocenters. The van der Waals surface area contributed by atoms with E-state index >= 15 is 0 Å². The van der Waals surface area contributed by atoms with Gasteiger partial charge in [-0.3, -0.25) is 9.69 Å². The van der Waals surface area contributed by atoms with E-state index in [1.807, 2.05) is 18.7 Å². The highest BCUT2D eigenvalue weighted by molar-refractivity contribution is 6.02. The van der Waals surface area contributed by atoms with Crippen molar-refractivity contribution >= 4 is 17.8 Å². The highest BCUT2D eigenvalue weighted by Gasteiger charge is 2.40. The minimum atomic E-state index is -0.371. The van der Waals surface area contributed by atoms with Crippen molar-refractivity contribution in [1.82, 2.24) is 19.8 Å². The van der Waals surface area contributed by atoms with Crippen molar-refractivity contribution in [3.63, 3.8) is 0 Å². The van der Waals surface area contributed by atoms with Gasteiger partial charge >= 0.3 is 6.03 Å². The van der Waals surface area contributed by atoms with Crippen molar-refractivity contribution < 1.29 is 18.7 Å². The Morgan fingerprint density at radius 1 is 1.26 bits per heavy atom. The van der Waals surface area contributed by atoms with Crippen molar-refractivity contribution in [2.24, 2.45) is 0 Å². The molecule has 3 amide bonds. The van der Waals surface area contributed by atoms with Gasteiger partial charge in [-0.25, -0.2) is 19.2 Å². The maximum Gasteiger partial charge on any atom is 0.327 e. The summed E-state index contributed by atoms with van der Waals surface area (Å²) in [5.74, 6) is -0.264. The number of anilines is 1. The van der Waals surface area contributed by atoms with E-state index < -0.39 is 0 Å². The molecule has 1 aromatic heterocycles. The second-order valence-electron chi connectivity index (χ2n) is 7.22. The number of piperidine rings is 1. The molecule has 1 aromatic rings. The maximum atomic E-state index is 14.7. The maximum absolute atomic E-state index is 14.7. The number of rotatable bonds is 6. The van der Waals surface area contributed by atoms with E-state index in [2.05, 4.69) is 9.97 Å². The van der Waals surface area contributed by atoms with E-state index in [1.54, 1.807) is 4.90 Å². The van der Waals surface area contributed by atoms with Crippen LogP contribution in [0.15, 0.2) is 6.33 Å². The van der Waals surface area contributed by atoms with Gasteiger partial charge in [0, 0.05) is 26.2 Å². The molecule has 0 N–H and O–H groups in total. The lowest BCUT2D eigenvalue weighted by Gasteiger charge is -2.36. The number of aromatic nitrogens is 2. The molecule has 3 rings (SSSR count). The Balaban J connectivity index is 1.64. The number of hydrogen-bond donors (Lipinski definition) is 0. The molecule has 0 unspecified atom stereocenters. The summed E-state index contributed by atoms with van der Waals surface area (Å²) in [4.78, 5) is 37.6. The molecule has 2 aliphatic rings. The Morgan fingerprint density at radius 3 is 2.59 bits per heavy atom. The summed E-state index contributed by atoms with van der Waals surface area (Å²) in [7, 11) is 1.54. The molecule has 0 radical (unpaired) electrons. The van der Waals surface area contributed by atoms with Gasteiger partial charge in [0.2, 0.25) is 5.91 Å². The van der Waals surface area contributed by atoms with Gasteiger partial charge in [0.15, 0.2) is 11.6 Å². The van der Waals surface area contributed by atoms with Gasteiger partial charge in [-0.15, -0.1) is 0 Å². The predicted molar refractivity (Wildman–Crippen MR) is 97.0 cm³/mol. The van der Waals surface area contributed by atoms with E-state index in [0.29, 0.717) is 44.0 Å². The molecule has 0 bridgehead atoms. The summed E-state index contributed by atoms with van der Waals surface area (Å²) in [5.41, 5.74) is 0.413. The molecule has 2 saturated heterocycles. The first-order valence-electron chi connectivity index (χ1n) is 9.29. The monoisotopic (exact) mass is 379 g/mol. The minimum Gasteiger partial charge on any atom is -0.383 e. The number of methoxy groups -OCH3 is 1. The molecule has 0 saturated carbocycles.